The number of benzene rings is 4. The molecule has 0 amide bonds. The number of H-pyrrole nitrogens is 1. The van der Waals surface area contributed by atoms with Crippen LogP contribution in [0.5, 0.6) is 0 Å². The predicted octanol–water partition coefficient (Wildman–Crippen LogP) is 12.3. The molecule has 4 aromatic heterocycles. The van der Waals surface area contributed by atoms with E-state index in [2.05, 4.69) is 101 Å². The van der Waals surface area contributed by atoms with Gasteiger partial charge in [0.2, 0.25) is 5.52 Å². The van der Waals surface area contributed by atoms with Gasteiger partial charge in [0.25, 0.3) is 10.1 Å². The van der Waals surface area contributed by atoms with E-state index in [9.17, 15) is 13.2 Å². The number of azide groups is 1. The number of esters is 1. The SMILES string of the molecule is C.CCOC(=O)CC1=CC2Cc3nc4cc(C)ccc4c(Cl)c3C(C1)C2.CS(=O)(=O)OCCC1=CC2Cc3nc4ccccc4c(N)c3C(C1)C2.Nc1c2c([nH+]c3ccccc13)CC1C=C(CC[NH3+])CC2C1.[Cl-].[N-]=[N+]=NCCC1=CC2Cc3nc4ccccc4c(N)c3C(C1)C2. The van der Waals surface area contributed by atoms with Crippen LogP contribution < -0.4 is 40.3 Å². The van der Waals surface area contributed by atoms with Crippen molar-refractivity contribution in [2.75, 3.05) is 49.8 Å². The van der Waals surface area contributed by atoms with E-state index < -0.39 is 10.1 Å². The second kappa shape index (κ2) is 29.8. The highest BCUT2D eigenvalue weighted by Crippen LogP contribution is 2.51. The molecule has 8 aliphatic rings. The quantitative estimate of drug-likeness (QED) is 0.0223. The molecule has 19 heteroatoms. The third kappa shape index (κ3) is 15.0. The number of nitrogens with two attached hydrogens (primary N) is 3. The maximum Gasteiger partial charge on any atom is 0.309 e. The third-order valence-electron chi connectivity index (χ3n) is 20.6. The number of ether oxygens (including phenoxy) is 1. The minimum Gasteiger partial charge on any atom is -1.00 e. The number of nitrogens with zero attached hydrogens (tertiary/aromatic N) is 6. The molecule has 8 unspecified atom stereocenters. The summed E-state index contributed by atoms with van der Waals surface area (Å²) in [4.78, 5) is 33.0. The molecule has 0 aliphatic heterocycles. The lowest BCUT2D eigenvalue weighted by Crippen LogP contribution is -3.00. The Morgan fingerprint density at radius 3 is 1.69 bits per heavy atom. The topological polar surface area (TPSA) is 277 Å². The zero-order valence-electron chi connectivity index (χ0n) is 54.6. The molecule has 0 saturated carbocycles. The fraction of sp³-hybridized carbons (Fsp3) is 0.416. The van der Waals surface area contributed by atoms with E-state index in [-0.39, 0.29) is 32.4 Å². The van der Waals surface area contributed by atoms with Crippen molar-refractivity contribution in [3.8, 4) is 0 Å². The molecule has 96 heavy (non-hydrogen) atoms. The number of carbonyl (C=O) groups excluding carboxylic acids is 1. The van der Waals surface area contributed by atoms with Crippen molar-refractivity contribution >= 4 is 88.4 Å². The van der Waals surface area contributed by atoms with Gasteiger partial charge in [0.1, 0.15) is 0 Å². The fourth-order valence-corrected chi connectivity index (χ4v) is 17.9. The van der Waals surface area contributed by atoms with Crippen molar-refractivity contribution in [1.82, 2.24) is 15.0 Å². The van der Waals surface area contributed by atoms with E-state index in [1.807, 2.05) is 49.4 Å². The van der Waals surface area contributed by atoms with Gasteiger partial charge in [-0.2, -0.15) is 8.42 Å². The third-order valence-corrected chi connectivity index (χ3v) is 21.6. The van der Waals surface area contributed by atoms with Crippen LogP contribution >= 0.6 is 11.6 Å². The molecule has 8 aliphatic carbocycles. The second-order valence-electron chi connectivity index (χ2n) is 27.4. The molecule has 4 aromatic carbocycles. The maximum atomic E-state index is 11.8. The summed E-state index contributed by atoms with van der Waals surface area (Å²) in [6.07, 6.45) is 26.0. The molecule has 502 valence electrons. The van der Waals surface area contributed by atoms with E-state index in [1.165, 1.54) is 67.7 Å². The summed E-state index contributed by atoms with van der Waals surface area (Å²) in [6, 6.07) is 30.8. The minimum absolute atomic E-state index is 0. The number of allylic oxidation sites excluding steroid dienone is 4. The van der Waals surface area contributed by atoms with Gasteiger partial charge in [-0.25, -0.2) is 4.98 Å². The highest BCUT2D eigenvalue weighted by atomic mass is 35.5. The summed E-state index contributed by atoms with van der Waals surface area (Å²) in [7, 11) is -3.38. The molecule has 0 fully saturated rings. The van der Waals surface area contributed by atoms with Crippen LogP contribution in [0.2, 0.25) is 5.02 Å². The van der Waals surface area contributed by atoms with E-state index in [1.54, 1.807) is 5.57 Å². The summed E-state index contributed by atoms with van der Waals surface area (Å²) < 4.78 is 32.3. The van der Waals surface area contributed by atoms with Crippen molar-refractivity contribution in [3.63, 3.8) is 0 Å². The predicted molar refractivity (Wildman–Crippen MR) is 382 cm³/mol. The summed E-state index contributed by atoms with van der Waals surface area (Å²) in [5.41, 5.74) is 55.4. The first-order valence-corrected chi connectivity index (χ1v) is 35.9. The average molecular weight is 1350 g/mol. The van der Waals surface area contributed by atoms with Gasteiger partial charge in [0.05, 0.1) is 65.1 Å². The molecule has 16 nitrogen and oxygen atoms in total. The fourth-order valence-electron chi connectivity index (χ4n) is 17.1. The molecule has 0 saturated heterocycles. The number of aromatic nitrogens is 4. The van der Waals surface area contributed by atoms with Crippen molar-refractivity contribution in [2.45, 2.75) is 148 Å². The number of quaternary nitrogens is 1. The molecule has 0 spiro atoms. The standard InChI is InChI=1S/C21H22ClNO2.C19H22N2O3S.C18H19N5.C18H21N3.CH4.ClH/c1-3-25-19(24)11-14-7-13-8-15(9-14)20-18(10-13)23-17-6-12(2)4-5-16(17)21(20)22;1-25(22,23)24-7-6-12-8-13-10-14(9-12)18-17(11-13)21-16-5-3-2-4-15(16)19(18)20;19-18-14-3-1-2-4-15(14)22-16-10-12-7-11(5-6-21-23-20)8-13(9-12)17(16)18;19-6-5-11-7-12-9-13(8-11)17-16(10-12)21-15-4-2-1-3-14(15)18(17)20;;/h4-7,13,15H,3,8-11H2,1-2H3;2-5,8,13-14H,6-7,9-11H2,1H3,(H2,20,21);1-4,7,12-13H,5-6,8-10H2,(H2,19,22);1-4,7,12-13H,5-6,8-10,19H2,(H2,20,21);1H4;1H/p+1. The van der Waals surface area contributed by atoms with Crippen LogP contribution in [0.4, 0.5) is 17.1 Å². The Balaban J connectivity index is 0.000000129. The Morgan fingerprint density at radius 1 is 0.635 bits per heavy atom. The van der Waals surface area contributed by atoms with E-state index >= 15 is 0 Å². The average Bonchev–Trinajstić information content (AvgIpc) is 0.776. The first-order valence-electron chi connectivity index (χ1n) is 33.7. The molecule has 8 bridgehead atoms. The normalized spacial score (nSPS) is 22.0. The van der Waals surface area contributed by atoms with Crippen LogP contribution in [0.15, 0.2) is 143 Å². The summed E-state index contributed by atoms with van der Waals surface area (Å²) in [5, 5.41) is 8.80. The van der Waals surface area contributed by atoms with Crippen molar-refractivity contribution in [2.24, 2.45) is 28.8 Å². The van der Waals surface area contributed by atoms with Gasteiger partial charge in [-0.15, -0.1) is 0 Å². The molecular formula is C77H90Cl2N11O5S+. The number of fused-ring (bicyclic) bond motifs is 20. The van der Waals surface area contributed by atoms with Crippen LogP contribution in [-0.2, 0) is 49.5 Å². The monoisotopic (exact) mass is 1350 g/mol. The molecule has 8 atom stereocenters. The van der Waals surface area contributed by atoms with Crippen LogP contribution in [0.25, 0.3) is 54.1 Å². The van der Waals surface area contributed by atoms with Gasteiger partial charge in [0.15, 0.2) is 5.69 Å². The Hall–Kier alpha value is -7.89. The molecule has 16 rings (SSSR count). The van der Waals surface area contributed by atoms with Crippen LogP contribution in [0.1, 0.15) is 166 Å². The first kappa shape index (κ1) is 69.5. The number of rotatable bonds is 12. The van der Waals surface area contributed by atoms with Gasteiger partial charge in [0, 0.05) is 91.7 Å². The number of halogens is 2. The minimum atomic E-state index is -3.38. The lowest BCUT2D eigenvalue weighted by Gasteiger charge is -2.36. The Labute approximate surface area is 575 Å². The van der Waals surface area contributed by atoms with E-state index in [0.717, 1.165) is 168 Å². The largest absolute Gasteiger partial charge is 1.00 e. The van der Waals surface area contributed by atoms with Crippen LogP contribution in [0.3, 0.4) is 0 Å². The number of pyridine rings is 4. The number of para-hydroxylation sites is 3. The number of hydrogen-bond donors (Lipinski definition) is 4. The Kier molecular flexibility index (Phi) is 21.6. The summed E-state index contributed by atoms with van der Waals surface area (Å²) in [6.45, 7) is 6.10. The van der Waals surface area contributed by atoms with Crippen molar-refractivity contribution in [3.05, 3.63) is 204 Å². The number of hydrogen-bond acceptors (Lipinski definition) is 12. The maximum absolute atomic E-state index is 11.8. The zero-order chi connectivity index (χ0) is 65.4. The van der Waals surface area contributed by atoms with Gasteiger partial charge in [-0.3, -0.25) is 23.9 Å². The van der Waals surface area contributed by atoms with Crippen molar-refractivity contribution in [1.29, 1.82) is 0 Å². The van der Waals surface area contributed by atoms with Gasteiger partial charge in [-0.05, 0) is 186 Å². The van der Waals surface area contributed by atoms with Crippen LogP contribution in [0, 0.1) is 30.6 Å². The molecule has 10 N–H and O–H groups in total. The smallest absolute Gasteiger partial charge is 0.309 e. The second-order valence-corrected chi connectivity index (χ2v) is 29.4. The molecular weight excluding hydrogens is 1260 g/mol. The number of nitrogens with one attached hydrogen (secondary N) is 1. The lowest BCUT2D eigenvalue weighted by molar-refractivity contribution is -0.366. The number of aromatic amines is 1. The summed E-state index contributed by atoms with van der Waals surface area (Å²) >= 11 is 6.81. The van der Waals surface area contributed by atoms with Gasteiger partial charge < -0.3 is 40.1 Å². The van der Waals surface area contributed by atoms with E-state index in [0.29, 0.717) is 73.3 Å². The van der Waals surface area contributed by atoms with Gasteiger partial charge >= 0.3 is 5.97 Å². The first-order chi connectivity index (χ1) is 45.5. The zero-order valence-corrected chi connectivity index (χ0v) is 56.9. The van der Waals surface area contributed by atoms with Gasteiger partial charge in [-0.1, -0.05) is 131 Å². The highest BCUT2D eigenvalue weighted by Gasteiger charge is 2.39. The number of aryl methyl sites for hydroxylation is 1. The van der Waals surface area contributed by atoms with Crippen molar-refractivity contribution < 1.29 is 45.3 Å². The molecule has 4 heterocycles. The number of nitrogen functional groups attached to an aromatic ring is 3. The molecule has 8 aromatic rings. The molecule has 0 radical (unpaired) electrons. The summed E-state index contributed by atoms with van der Waals surface area (Å²) in [5.74, 6) is 3.74. The van der Waals surface area contributed by atoms with E-state index in [4.69, 9.17) is 58.2 Å². The lowest BCUT2D eigenvalue weighted by atomic mass is 9.70. The van der Waals surface area contributed by atoms with Crippen LogP contribution in [-0.4, -0.2) is 61.9 Å². The highest BCUT2D eigenvalue weighted by molar-refractivity contribution is 7.86. The number of carbonyl (C=O) groups is 1. The Morgan fingerprint density at radius 2 is 1.11 bits per heavy atom. The number of anilines is 3. The Bertz CT molecular complexity index is 4600.